The Balaban J connectivity index is 1.78. The monoisotopic (exact) mass is 398 g/mol. The first-order valence-electron chi connectivity index (χ1n) is 8.46. The lowest BCUT2D eigenvalue weighted by molar-refractivity contribution is -0.139. The van der Waals surface area contributed by atoms with Crippen LogP contribution in [0.15, 0.2) is 53.6 Å². The summed E-state index contributed by atoms with van der Waals surface area (Å²) in [4.78, 5) is 10.5. The summed E-state index contributed by atoms with van der Waals surface area (Å²) in [7, 11) is 0. The minimum absolute atomic E-state index is 0.363. The van der Waals surface area contributed by atoms with Crippen molar-refractivity contribution in [1.29, 1.82) is 0 Å². The SMILES string of the molecule is CCOc1ccc(-c2n[nH]c(=S)n2/N=C\c2ccc(OCC(=O)O)cc2)cc1. The van der Waals surface area contributed by atoms with Crippen LogP contribution in [0.5, 0.6) is 11.5 Å². The maximum absolute atomic E-state index is 10.5. The van der Waals surface area contributed by atoms with E-state index in [1.54, 1.807) is 30.5 Å². The molecule has 2 aromatic carbocycles. The van der Waals surface area contributed by atoms with E-state index in [9.17, 15) is 4.79 Å². The molecule has 9 heteroatoms. The molecule has 0 spiro atoms. The van der Waals surface area contributed by atoms with Crippen LogP contribution in [0.3, 0.4) is 0 Å². The first kappa shape index (κ1) is 19.3. The largest absolute Gasteiger partial charge is 0.494 e. The lowest BCUT2D eigenvalue weighted by Gasteiger charge is -2.05. The number of aliphatic carboxylic acids is 1. The molecular weight excluding hydrogens is 380 g/mol. The first-order chi connectivity index (χ1) is 13.6. The second kappa shape index (κ2) is 8.96. The summed E-state index contributed by atoms with van der Waals surface area (Å²) in [6, 6.07) is 14.4. The number of carbonyl (C=O) groups is 1. The fraction of sp³-hybridized carbons (Fsp3) is 0.158. The molecule has 0 saturated heterocycles. The van der Waals surface area contributed by atoms with Gasteiger partial charge < -0.3 is 14.6 Å². The summed E-state index contributed by atoms with van der Waals surface area (Å²) in [6.45, 7) is 2.14. The number of hydrogen-bond donors (Lipinski definition) is 2. The van der Waals surface area contributed by atoms with Crippen molar-refractivity contribution in [3.8, 4) is 22.9 Å². The Labute approximate surface area is 166 Å². The van der Waals surface area contributed by atoms with Gasteiger partial charge in [0.15, 0.2) is 12.4 Å². The number of H-pyrrole nitrogens is 1. The average molecular weight is 398 g/mol. The number of aromatic nitrogens is 3. The zero-order valence-corrected chi connectivity index (χ0v) is 15.8. The highest BCUT2D eigenvalue weighted by Gasteiger charge is 2.08. The molecule has 0 amide bonds. The third-order valence-corrected chi connectivity index (χ3v) is 3.90. The lowest BCUT2D eigenvalue weighted by atomic mass is 10.2. The van der Waals surface area contributed by atoms with Gasteiger partial charge in [-0.05, 0) is 73.2 Å². The smallest absolute Gasteiger partial charge is 0.341 e. The minimum atomic E-state index is -1.03. The maximum atomic E-state index is 10.5. The van der Waals surface area contributed by atoms with E-state index in [-0.39, 0.29) is 6.61 Å². The quantitative estimate of drug-likeness (QED) is 0.446. The number of nitrogens with zero attached hydrogens (tertiary/aromatic N) is 3. The molecule has 28 heavy (non-hydrogen) atoms. The third-order valence-electron chi connectivity index (χ3n) is 3.64. The summed E-state index contributed by atoms with van der Waals surface area (Å²) in [5.41, 5.74) is 1.63. The maximum Gasteiger partial charge on any atom is 0.341 e. The Morgan fingerprint density at radius 3 is 2.46 bits per heavy atom. The van der Waals surface area contributed by atoms with Gasteiger partial charge >= 0.3 is 5.97 Å². The summed E-state index contributed by atoms with van der Waals surface area (Å²) < 4.78 is 12.4. The van der Waals surface area contributed by atoms with Crippen LogP contribution < -0.4 is 9.47 Å². The van der Waals surface area contributed by atoms with Crippen molar-refractivity contribution in [1.82, 2.24) is 14.9 Å². The highest BCUT2D eigenvalue weighted by atomic mass is 32.1. The summed E-state index contributed by atoms with van der Waals surface area (Å²) in [5.74, 6) is 0.794. The average Bonchev–Trinajstić information content (AvgIpc) is 3.07. The van der Waals surface area contributed by atoms with Crippen LogP contribution in [0.1, 0.15) is 12.5 Å². The number of nitrogens with one attached hydrogen (secondary N) is 1. The fourth-order valence-electron chi connectivity index (χ4n) is 2.37. The van der Waals surface area contributed by atoms with Crippen molar-refractivity contribution in [3.63, 3.8) is 0 Å². The topological polar surface area (TPSA) is 102 Å². The number of carboxylic acid groups (broad SMARTS) is 1. The molecule has 0 saturated carbocycles. The number of hydrogen-bond acceptors (Lipinski definition) is 6. The van der Waals surface area contributed by atoms with Crippen LogP contribution in [0, 0.1) is 4.77 Å². The molecule has 0 bridgehead atoms. The van der Waals surface area contributed by atoms with Crippen molar-refractivity contribution in [2.24, 2.45) is 5.10 Å². The van der Waals surface area contributed by atoms with E-state index in [1.165, 1.54) is 4.68 Å². The molecule has 0 aliphatic carbocycles. The molecular formula is C19H18N4O4S. The Kier molecular flexibility index (Phi) is 6.18. The lowest BCUT2D eigenvalue weighted by Crippen LogP contribution is -2.09. The summed E-state index contributed by atoms with van der Waals surface area (Å²) >= 11 is 5.27. The van der Waals surface area contributed by atoms with Crippen molar-refractivity contribution in [2.45, 2.75) is 6.92 Å². The Hall–Kier alpha value is -3.46. The molecule has 3 aromatic rings. The van der Waals surface area contributed by atoms with Gasteiger partial charge in [-0.15, -0.1) is 0 Å². The molecule has 1 aromatic heterocycles. The molecule has 2 N–H and O–H groups in total. The van der Waals surface area contributed by atoms with Gasteiger partial charge in [0.05, 0.1) is 12.8 Å². The predicted molar refractivity (Wildman–Crippen MR) is 107 cm³/mol. The van der Waals surface area contributed by atoms with Gasteiger partial charge in [0, 0.05) is 5.56 Å². The Morgan fingerprint density at radius 1 is 1.18 bits per heavy atom. The van der Waals surface area contributed by atoms with Gasteiger partial charge in [-0.3, -0.25) is 0 Å². The number of carboxylic acids is 1. The van der Waals surface area contributed by atoms with Crippen molar-refractivity contribution >= 4 is 24.4 Å². The molecule has 0 unspecified atom stereocenters. The number of ether oxygens (including phenoxy) is 2. The van der Waals surface area contributed by atoms with E-state index in [2.05, 4.69) is 15.3 Å². The Morgan fingerprint density at radius 2 is 1.82 bits per heavy atom. The van der Waals surface area contributed by atoms with Crippen molar-refractivity contribution < 1.29 is 19.4 Å². The molecule has 144 valence electrons. The number of benzene rings is 2. The molecule has 0 fully saturated rings. The fourth-order valence-corrected chi connectivity index (χ4v) is 2.55. The van der Waals surface area contributed by atoms with Crippen LogP contribution in [-0.2, 0) is 4.79 Å². The molecule has 1 heterocycles. The van der Waals surface area contributed by atoms with Crippen LogP contribution in [0.2, 0.25) is 0 Å². The van der Waals surface area contributed by atoms with E-state index >= 15 is 0 Å². The van der Waals surface area contributed by atoms with Crippen LogP contribution in [0.4, 0.5) is 0 Å². The molecule has 3 rings (SSSR count). The zero-order chi connectivity index (χ0) is 19.9. The molecule has 0 aliphatic heterocycles. The summed E-state index contributed by atoms with van der Waals surface area (Å²) in [6.07, 6.45) is 1.63. The van der Waals surface area contributed by atoms with E-state index < -0.39 is 5.97 Å². The second-order valence-corrected chi connectivity index (χ2v) is 6.00. The standard InChI is InChI=1S/C19H18N4O4S/c1-2-26-15-9-5-14(6-10-15)18-21-22-19(28)23(18)20-11-13-3-7-16(8-4-13)27-12-17(24)25/h3-11H,2,12H2,1H3,(H,22,28)(H,24,25)/b20-11-. The molecule has 0 atom stereocenters. The van der Waals surface area contributed by atoms with E-state index in [0.29, 0.717) is 23.0 Å². The van der Waals surface area contributed by atoms with Crippen LogP contribution >= 0.6 is 12.2 Å². The third kappa shape index (κ3) is 4.83. The van der Waals surface area contributed by atoms with Gasteiger partial charge in [0.25, 0.3) is 0 Å². The van der Waals surface area contributed by atoms with Gasteiger partial charge in [-0.1, -0.05) is 0 Å². The van der Waals surface area contributed by atoms with E-state index in [0.717, 1.165) is 16.9 Å². The van der Waals surface area contributed by atoms with E-state index in [4.69, 9.17) is 26.8 Å². The number of rotatable bonds is 8. The minimum Gasteiger partial charge on any atom is -0.494 e. The summed E-state index contributed by atoms with van der Waals surface area (Å²) in [5, 5.41) is 20.0. The molecule has 0 radical (unpaired) electrons. The van der Waals surface area contributed by atoms with Gasteiger partial charge in [0.2, 0.25) is 4.77 Å². The van der Waals surface area contributed by atoms with Crippen LogP contribution in [0.25, 0.3) is 11.4 Å². The van der Waals surface area contributed by atoms with Gasteiger partial charge in [0.1, 0.15) is 11.5 Å². The molecule has 0 aliphatic rings. The van der Waals surface area contributed by atoms with Crippen molar-refractivity contribution in [3.05, 3.63) is 58.9 Å². The number of aromatic amines is 1. The molecule has 8 nitrogen and oxygen atoms in total. The normalized spacial score (nSPS) is 10.9. The predicted octanol–water partition coefficient (Wildman–Crippen LogP) is 3.35. The highest BCUT2D eigenvalue weighted by molar-refractivity contribution is 7.71. The second-order valence-electron chi connectivity index (χ2n) is 5.62. The highest BCUT2D eigenvalue weighted by Crippen LogP contribution is 2.21. The van der Waals surface area contributed by atoms with Gasteiger partial charge in [-0.2, -0.15) is 14.9 Å². The zero-order valence-electron chi connectivity index (χ0n) is 15.0. The Bertz CT molecular complexity index is 1020. The van der Waals surface area contributed by atoms with Crippen molar-refractivity contribution in [2.75, 3.05) is 13.2 Å². The van der Waals surface area contributed by atoms with Crippen LogP contribution in [-0.4, -0.2) is 45.4 Å². The first-order valence-corrected chi connectivity index (χ1v) is 8.87. The van der Waals surface area contributed by atoms with Gasteiger partial charge in [-0.25, -0.2) is 9.89 Å². The van der Waals surface area contributed by atoms with E-state index in [1.807, 2.05) is 31.2 Å².